The van der Waals surface area contributed by atoms with E-state index in [-0.39, 0.29) is 0 Å². The topological polar surface area (TPSA) is 71.2 Å². The van der Waals surface area contributed by atoms with E-state index in [2.05, 4.69) is 29.9 Å². The number of nitrogens with zero attached hydrogens (tertiary/aromatic N) is 6. The van der Waals surface area contributed by atoms with Crippen molar-refractivity contribution in [1.82, 2.24) is 25.0 Å². The van der Waals surface area contributed by atoms with Crippen LogP contribution in [0, 0.1) is 13.8 Å². The highest BCUT2D eigenvalue weighted by Gasteiger charge is 2.20. The van der Waals surface area contributed by atoms with Crippen molar-refractivity contribution in [2.45, 2.75) is 20.4 Å². The monoisotopic (exact) mass is 274 g/mol. The van der Waals surface area contributed by atoms with Gasteiger partial charge in [0.2, 0.25) is 11.8 Å². The highest BCUT2D eigenvalue weighted by molar-refractivity contribution is 5.30. The lowest BCUT2D eigenvalue weighted by Crippen LogP contribution is -2.46. The van der Waals surface area contributed by atoms with Gasteiger partial charge in [0.05, 0.1) is 6.54 Å². The maximum Gasteiger partial charge on any atom is 0.240 e. The third-order valence-electron chi connectivity index (χ3n) is 3.37. The molecule has 20 heavy (non-hydrogen) atoms. The molecule has 1 fully saturated rings. The fourth-order valence-electron chi connectivity index (χ4n) is 2.29. The summed E-state index contributed by atoms with van der Waals surface area (Å²) in [6.45, 7) is 8.24. The number of hydrogen-bond donors (Lipinski definition) is 0. The molecule has 0 bridgehead atoms. The first-order valence-electron chi connectivity index (χ1n) is 6.77. The molecule has 0 N–H and O–H groups in total. The molecule has 1 aliphatic rings. The van der Waals surface area contributed by atoms with Crippen LogP contribution in [-0.4, -0.2) is 51.2 Å². The second-order valence-electron chi connectivity index (χ2n) is 5.00. The SMILES string of the molecule is Cc1ccnc(N2CCN(Cc3nc(C)no3)CC2)n1. The van der Waals surface area contributed by atoms with Crippen LogP contribution in [0.4, 0.5) is 5.95 Å². The largest absolute Gasteiger partial charge is 0.338 e. The van der Waals surface area contributed by atoms with Gasteiger partial charge in [0.1, 0.15) is 0 Å². The van der Waals surface area contributed by atoms with Crippen LogP contribution >= 0.6 is 0 Å². The van der Waals surface area contributed by atoms with Crippen molar-refractivity contribution >= 4 is 5.95 Å². The van der Waals surface area contributed by atoms with Crippen molar-refractivity contribution in [3.63, 3.8) is 0 Å². The molecule has 0 aromatic carbocycles. The van der Waals surface area contributed by atoms with Gasteiger partial charge in [-0.15, -0.1) is 0 Å². The fourth-order valence-corrected chi connectivity index (χ4v) is 2.29. The van der Waals surface area contributed by atoms with E-state index in [4.69, 9.17) is 4.52 Å². The van der Waals surface area contributed by atoms with Crippen LogP contribution in [-0.2, 0) is 6.54 Å². The molecule has 0 saturated carbocycles. The third-order valence-corrected chi connectivity index (χ3v) is 3.37. The number of aryl methyl sites for hydroxylation is 2. The Hall–Kier alpha value is -2.02. The van der Waals surface area contributed by atoms with E-state index < -0.39 is 0 Å². The Morgan fingerprint density at radius 1 is 1.15 bits per heavy atom. The van der Waals surface area contributed by atoms with Crippen molar-refractivity contribution < 1.29 is 4.52 Å². The lowest BCUT2D eigenvalue weighted by Gasteiger charge is -2.33. The van der Waals surface area contributed by atoms with Gasteiger partial charge in [-0.05, 0) is 19.9 Å². The second kappa shape index (κ2) is 5.54. The van der Waals surface area contributed by atoms with Crippen molar-refractivity contribution in [3.8, 4) is 0 Å². The molecule has 3 heterocycles. The molecule has 1 aliphatic heterocycles. The average Bonchev–Trinajstić information content (AvgIpc) is 2.85. The summed E-state index contributed by atoms with van der Waals surface area (Å²) in [5.74, 6) is 2.19. The van der Waals surface area contributed by atoms with Gasteiger partial charge in [-0.2, -0.15) is 4.98 Å². The van der Waals surface area contributed by atoms with E-state index in [0.717, 1.165) is 37.8 Å². The summed E-state index contributed by atoms with van der Waals surface area (Å²) < 4.78 is 5.15. The van der Waals surface area contributed by atoms with Gasteiger partial charge in [-0.3, -0.25) is 4.90 Å². The van der Waals surface area contributed by atoms with Crippen molar-refractivity contribution in [3.05, 3.63) is 29.7 Å². The summed E-state index contributed by atoms with van der Waals surface area (Å²) in [5, 5.41) is 3.81. The molecule has 0 radical (unpaired) electrons. The van der Waals surface area contributed by atoms with Gasteiger partial charge in [-0.25, -0.2) is 9.97 Å². The number of piperazine rings is 1. The molecule has 0 aliphatic carbocycles. The Morgan fingerprint density at radius 2 is 1.95 bits per heavy atom. The van der Waals surface area contributed by atoms with Gasteiger partial charge in [0, 0.05) is 38.1 Å². The number of anilines is 1. The van der Waals surface area contributed by atoms with Crippen molar-refractivity contribution in [1.29, 1.82) is 0 Å². The van der Waals surface area contributed by atoms with E-state index in [0.29, 0.717) is 18.3 Å². The highest BCUT2D eigenvalue weighted by Crippen LogP contribution is 2.12. The summed E-state index contributed by atoms with van der Waals surface area (Å²) in [6, 6.07) is 1.91. The van der Waals surface area contributed by atoms with Gasteiger partial charge in [0.15, 0.2) is 5.82 Å². The minimum Gasteiger partial charge on any atom is -0.338 e. The first kappa shape index (κ1) is 13.0. The van der Waals surface area contributed by atoms with E-state index in [1.54, 1.807) is 0 Å². The first-order valence-corrected chi connectivity index (χ1v) is 6.77. The highest BCUT2D eigenvalue weighted by atomic mass is 16.5. The molecule has 106 valence electrons. The van der Waals surface area contributed by atoms with E-state index >= 15 is 0 Å². The molecular formula is C13H18N6O. The van der Waals surface area contributed by atoms with Gasteiger partial charge in [-0.1, -0.05) is 5.16 Å². The molecule has 0 atom stereocenters. The number of rotatable bonds is 3. The summed E-state index contributed by atoms with van der Waals surface area (Å²) in [5.41, 5.74) is 0.999. The van der Waals surface area contributed by atoms with E-state index in [9.17, 15) is 0 Å². The lowest BCUT2D eigenvalue weighted by molar-refractivity contribution is 0.214. The normalized spacial score (nSPS) is 16.6. The fraction of sp³-hybridized carbons (Fsp3) is 0.538. The average molecular weight is 274 g/mol. The van der Waals surface area contributed by atoms with E-state index in [1.807, 2.05) is 26.1 Å². The van der Waals surface area contributed by atoms with Crippen molar-refractivity contribution in [2.75, 3.05) is 31.1 Å². The molecule has 2 aromatic heterocycles. The van der Waals surface area contributed by atoms with Crippen LogP contribution in [0.15, 0.2) is 16.8 Å². The van der Waals surface area contributed by atoms with Crippen LogP contribution in [0.1, 0.15) is 17.4 Å². The van der Waals surface area contributed by atoms with Gasteiger partial charge in [0.25, 0.3) is 0 Å². The third kappa shape index (κ3) is 2.93. The maximum absolute atomic E-state index is 5.15. The molecular weight excluding hydrogens is 256 g/mol. The summed E-state index contributed by atoms with van der Waals surface area (Å²) >= 11 is 0. The summed E-state index contributed by atoms with van der Waals surface area (Å²) in [6.07, 6.45) is 1.81. The second-order valence-corrected chi connectivity index (χ2v) is 5.00. The van der Waals surface area contributed by atoms with Crippen molar-refractivity contribution in [2.24, 2.45) is 0 Å². The predicted molar refractivity (Wildman–Crippen MR) is 73.3 cm³/mol. The number of hydrogen-bond acceptors (Lipinski definition) is 7. The Labute approximate surface area is 117 Å². The predicted octanol–water partition coefficient (Wildman–Crippen LogP) is 0.799. The van der Waals surface area contributed by atoms with Gasteiger partial charge < -0.3 is 9.42 Å². The standard InChI is InChI=1S/C13H18N6O/c1-10-3-4-14-13(15-10)19-7-5-18(6-8-19)9-12-16-11(2)17-20-12/h3-4H,5-9H2,1-2H3. The number of aromatic nitrogens is 4. The Kier molecular flexibility index (Phi) is 3.60. The van der Waals surface area contributed by atoms with Crippen LogP contribution in [0.25, 0.3) is 0 Å². The first-order chi connectivity index (χ1) is 9.70. The van der Waals surface area contributed by atoms with Crippen LogP contribution in [0.2, 0.25) is 0 Å². The Morgan fingerprint density at radius 3 is 2.60 bits per heavy atom. The molecule has 0 spiro atoms. The lowest BCUT2D eigenvalue weighted by atomic mass is 10.3. The summed E-state index contributed by atoms with van der Waals surface area (Å²) in [7, 11) is 0. The zero-order valence-corrected chi connectivity index (χ0v) is 11.8. The molecule has 7 nitrogen and oxygen atoms in total. The summed E-state index contributed by atoms with van der Waals surface area (Å²) in [4.78, 5) is 17.5. The maximum atomic E-state index is 5.15. The molecule has 2 aromatic rings. The van der Waals surface area contributed by atoms with E-state index in [1.165, 1.54) is 0 Å². The zero-order chi connectivity index (χ0) is 13.9. The minimum absolute atomic E-state index is 0.683. The quantitative estimate of drug-likeness (QED) is 0.819. The van der Waals surface area contributed by atoms with Crippen LogP contribution < -0.4 is 4.90 Å². The molecule has 0 amide bonds. The molecule has 1 saturated heterocycles. The van der Waals surface area contributed by atoms with Crippen LogP contribution in [0.3, 0.4) is 0 Å². The molecule has 3 rings (SSSR count). The molecule has 0 unspecified atom stereocenters. The van der Waals surface area contributed by atoms with Crippen LogP contribution in [0.5, 0.6) is 0 Å². The minimum atomic E-state index is 0.683. The molecule has 7 heteroatoms. The smallest absolute Gasteiger partial charge is 0.240 e. The Balaban J connectivity index is 1.57. The Bertz CT molecular complexity index is 576. The van der Waals surface area contributed by atoms with Gasteiger partial charge >= 0.3 is 0 Å². The zero-order valence-electron chi connectivity index (χ0n) is 11.8.